The van der Waals surface area contributed by atoms with Crippen LogP contribution in [-0.4, -0.2) is 40.9 Å². The van der Waals surface area contributed by atoms with Crippen LogP contribution in [-0.2, 0) is 4.79 Å². The van der Waals surface area contributed by atoms with Crippen molar-refractivity contribution in [1.82, 2.24) is 15.1 Å². The highest BCUT2D eigenvalue weighted by molar-refractivity contribution is 8.01. The molecule has 1 amide bonds. The third-order valence-corrected chi connectivity index (χ3v) is 5.01. The Balaban J connectivity index is 1.92. The molecule has 0 unspecified atom stereocenters. The van der Waals surface area contributed by atoms with Gasteiger partial charge in [0.05, 0.1) is 5.75 Å². The zero-order valence-corrected chi connectivity index (χ0v) is 14.8. The molecule has 0 atom stereocenters. The Morgan fingerprint density at radius 1 is 1.27 bits per heavy atom. The topological polar surface area (TPSA) is 58.1 Å². The highest BCUT2D eigenvalue weighted by Crippen LogP contribution is 2.28. The van der Waals surface area contributed by atoms with Crippen molar-refractivity contribution in [2.45, 2.75) is 24.1 Å². The van der Waals surface area contributed by atoms with E-state index in [1.165, 1.54) is 28.7 Å². The number of hydrogen-bond acceptors (Lipinski definition) is 6. The van der Waals surface area contributed by atoms with Gasteiger partial charge in [0.2, 0.25) is 11.0 Å². The van der Waals surface area contributed by atoms with Gasteiger partial charge in [-0.2, -0.15) is 0 Å². The van der Waals surface area contributed by atoms with Gasteiger partial charge in [0.1, 0.15) is 0 Å². The van der Waals surface area contributed by atoms with E-state index >= 15 is 0 Å². The molecule has 1 N–H and O–H groups in total. The summed E-state index contributed by atoms with van der Waals surface area (Å²) in [4.78, 5) is 13.1. The maximum atomic E-state index is 11.5. The van der Waals surface area contributed by atoms with E-state index < -0.39 is 0 Å². The van der Waals surface area contributed by atoms with Crippen molar-refractivity contribution in [2.75, 3.05) is 25.2 Å². The van der Waals surface area contributed by atoms with E-state index in [1.807, 2.05) is 12.1 Å². The van der Waals surface area contributed by atoms with Crippen molar-refractivity contribution >= 4 is 39.8 Å². The zero-order chi connectivity index (χ0) is 16.1. The lowest BCUT2D eigenvalue weighted by Gasteiger charge is -2.08. The molecule has 0 spiro atoms. The lowest BCUT2D eigenvalue weighted by atomic mass is 10.0. The van der Waals surface area contributed by atoms with E-state index in [-0.39, 0.29) is 5.91 Å². The molecule has 5 nitrogen and oxygen atoms in total. The van der Waals surface area contributed by atoms with Gasteiger partial charge in [-0.25, -0.2) is 0 Å². The summed E-state index contributed by atoms with van der Waals surface area (Å²) in [6.07, 6.45) is 0. The van der Waals surface area contributed by atoms with Crippen LogP contribution in [0.4, 0.5) is 10.8 Å². The minimum absolute atomic E-state index is 0.0685. The fourth-order valence-corrected chi connectivity index (χ4v) is 3.40. The number of aromatic nitrogens is 2. The van der Waals surface area contributed by atoms with Gasteiger partial charge in [-0.1, -0.05) is 49.1 Å². The zero-order valence-electron chi connectivity index (χ0n) is 13.2. The van der Waals surface area contributed by atoms with Crippen LogP contribution in [0.1, 0.15) is 25.3 Å². The maximum absolute atomic E-state index is 11.5. The fourth-order valence-electron chi connectivity index (χ4n) is 1.65. The van der Waals surface area contributed by atoms with E-state index in [9.17, 15) is 4.79 Å². The standard InChI is InChI=1S/C15H20N4OS2/c1-10(2)11-5-7-12(8-6-11)16-14-17-18-15(22-14)21-9-13(20)19(3)4/h5-8,10H,9H2,1-4H3,(H,16,17). The Bertz CT molecular complexity index is 623. The summed E-state index contributed by atoms with van der Waals surface area (Å²) in [5, 5.41) is 12.2. The molecular weight excluding hydrogens is 316 g/mol. The monoisotopic (exact) mass is 336 g/mol. The Morgan fingerprint density at radius 3 is 2.55 bits per heavy atom. The van der Waals surface area contributed by atoms with E-state index in [0.717, 1.165) is 15.2 Å². The number of hydrogen-bond donors (Lipinski definition) is 1. The molecule has 0 aliphatic heterocycles. The molecule has 1 heterocycles. The smallest absolute Gasteiger partial charge is 0.232 e. The molecule has 0 bridgehead atoms. The maximum Gasteiger partial charge on any atom is 0.232 e. The average Bonchev–Trinajstić information content (AvgIpc) is 2.92. The van der Waals surface area contributed by atoms with Crippen LogP contribution in [0.5, 0.6) is 0 Å². The Hall–Kier alpha value is -1.60. The fraction of sp³-hybridized carbons (Fsp3) is 0.400. The number of thioether (sulfide) groups is 1. The Kier molecular flexibility index (Phi) is 5.79. The quantitative estimate of drug-likeness (QED) is 0.817. The Morgan fingerprint density at radius 2 is 1.95 bits per heavy atom. The second-order valence-corrected chi connectivity index (χ2v) is 7.55. The second-order valence-electron chi connectivity index (χ2n) is 5.35. The van der Waals surface area contributed by atoms with Crippen LogP contribution in [0.15, 0.2) is 28.6 Å². The molecule has 0 saturated carbocycles. The number of nitrogens with zero attached hydrogens (tertiary/aromatic N) is 3. The summed E-state index contributed by atoms with van der Waals surface area (Å²) in [5.41, 5.74) is 2.29. The van der Waals surface area contributed by atoms with E-state index in [2.05, 4.69) is 41.5 Å². The Labute approximate surface area is 139 Å². The molecule has 1 aromatic heterocycles. The number of nitrogens with one attached hydrogen (secondary N) is 1. The van der Waals surface area contributed by atoms with Crippen molar-refractivity contribution in [2.24, 2.45) is 0 Å². The first kappa shape index (κ1) is 16.8. The first-order valence-electron chi connectivity index (χ1n) is 6.99. The first-order chi connectivity index (χ1) is 10.5. The summed E-state index contributed by atoms with van der Waals surface area (Å²) in [6.45, 7) is 4.34. The summed E-state index contributed by atoms with van der Waals surface area (Å²) in [5.74, 6) is 0.969. The summed E-state index contributed by atoms with van der Waals surface area (Å²) < 4.78 is 0.788. The minimum atomic E-state index is 0.0685. The molecule has 22 heavy (non-hydrogen) atoms. The number of carbonyl (C=O) groups excluding carboxylic acids is 1. The molecule has 1 aromatic carbocycles. The molecule has 0 aliphatic rings. The predicted molar refractivity (Wildman–Crippen MR) is 93.1 cm³/mol. The van der Waals surface area contributed by atoms with E-state index in [4.69, 9.17) is 0 Å². The van der Waals surface area contributed by atoms with Crippen LogP contribution in [0, 0.1) is 0 Å². The van der Waals surface area contributed by atoms with Gasteiger partial charge in [-0.3, -0.25) is 4.79 Å². The number of benzene rings is 1. The van der Waals surface area contributed by atoms with Gasteiger partial charge in [0.25, 0.3) is 0 Å². The van der Waals surface area contributed by atoms with Crippen molar-refractivity contribution < 1.29 is 4.79 Å². The van der Waals surface area contributed by atoms with Gasteiger partial charge in [-0.05, 0) is 23.6 Å². The molecule has 0 fully saturated rings. The summed E-state index contributed by atoms with van der Waals surface area (Å²) >= 11 is 2.86. The molecule has 0 aliphatic carbocycles. The van der Waals surface area contributed by atoms with Crippen LogP contribution in [0.3, 0.4) is 0 Å². The first-order valence-corrected chi connectivity index (χ1v) is 8.79. The lowest BCUT2D eigenvalue weighted by molar-refractivity contribution is -0.125. The molecular formula is C15H20N4OS2. The van der Waals surface area contributed by atoms with Gasteiger partial charge in [-0.15, -0.1) is 10.2 Å². The third kappa shape index (κ3) is 4.71. The van der Waals surface area contributed by atoms with Crippen molar-refractivity contribution in [3.05, 3.63) is 29.8 Å². The van der Waals surface area contributed by atoms with Crippen molar-refractivity contribution in [3.63, 3.8) is 0 Å². The highest BCUT2D eigenvalue weighted by atomic mass is 32.2. The van der Waals surface area contributed by atoms with E-state index in [0.29, 0.717) is 11.7 Å². The average molecular weight is 336 g/mol. The second kappa shape index (κ2) is 7.60. The number of amides is 1. The largest absolute Gasteiger partial charge is 0.348 e. The SMILES string of the molecule is CC(C)c1ccc(Nc2nnc(SCC(=O)N(C)C)s2)cc1. The molecule has 0 saturated heterocycles. The van der Waals surface area contributed by atoms with Gasteiger partial charge in [0.15, 0.2) is 4.34 Å². The number of anilines is 2. The number of carbonyl (C=O) groups is 1. The van der Waals surface area contributed by atoms with E-state index in [1.54, 1.807) is 19.0 Å². The van der Waals surface area contributed by atoms with Gasteiger partial charge in [0, 0.05) is 19.8 Å². The van der Waals surface area contributed by atoms with Gasteiger partial charge >= 0.3 is 0 Å². The minimum Gasteiger partial charge on any atom is -0.348 e. The summed E-state index contributed by atoms with van der Waals surface area (Å²) in [7, 11) is 3.49. The van der Waals surface area contributed by atoms with Crippen LogP contribution in [0.25, 0.3) is 0 Å². The number of rotatable bonds is 6. The van der Waals surface area contributed by atoms with Crippen LogP contribution >= 0.6 is 23.1 Å². The predicted octanol–water partition coefficient (Wildman–Crippen LogP) is 3.59. The van der Waals surface area contributed by atoms with Crippen molar-refractivity contribution in [3.8, 4) is 0 Å². The summed E-state index contributed by atoms with van der Waals surface area (Å²) in [6, 6.07) is 8.30. The molecule has 2 rings (SSSR count). The highest BCUT2D eigenvalue weighted by Gasteiger charge is 2.09. The van der Waals surface area contributed by atoms with Crippen LogP contribution in [0.2, 0.25) is 0 Å². The lowest BCUT2D eigenvalue weighted by Crippen LogP contribution is -2.23. The van der Waals surface area contributed by atoms with Crippen molar-refractivity contribution in [1.29, 1.82) is 0 Å². The van der Waals surface area contributed by atoms with Crippen LogP contribution < -0.4 is 5.32 Å². The molecule has 7 heteroatoms. The molecule has 2 aromatic rings. The van der Waals surface area contributed by atoms with Gasteiger partial charge < -0.3 is 10.2 Å². The normalized spacial score (nSPS) is 10.8. The molecule has 118 valence electrons. The molecule has 0 radical (unpaired) electrons. The third-order valence-electron chi connectivity index (χ3n) is 3.05.